The van der Waals surface area contributed by atoms with Crippen LogP contribution in [0.25, 0.3) is 16.9 Å². The van der Waals surface area contributed by atoms with Crippen LogP contribution in [0.1, 0.15) is 25.0 Å². The van der Waals surface area contributed by atoms with Gasteiger partial charge in [0.1, 0.15) is 10.6 Å². The van der Waals surface area contributed by atoms with Crippen LogP contribution in [-0.4, -0.2) is 47.4 Å². The number of hydrogen-bond donors (Lipinski definition) is 2. The van der Waals surface area contributed by atoms with Gasteiger partial charge >= 0.3 is 0 Å². The zero-order chi connectivity index (χ0) is 25.2. The SMILES string of the molecule is COc1ccc(C#Cc2cnn3ccc(-c4ccc(Cl)cc4)nc23)cc1S(=O)(=O)NC(C)(C)CO. The smallest absolute Gasteiger partial charge is 0.244 e. The molecule has 35 heavy (non-hydrogen) atoms. The van der Waals surface area contributed by atoms with Crippen LogP contribution in [0.3, 0.4) is 0 Å². The number of methoxy groups -OCH3 is 1. The molecule has 0 atom stereocenters. The monoisotopic (exact) mass is 510 g/mol. The Morgan fingerprint density at radius 3 is 2.57 bits per heavy atom. The second-order valence-corrected chi connectivity index (χ2v) is 10.5. The molecule has 0 aliphatic rings. The highest BCUT2D eigenvalue weighted by Gasteiger charge is 2.28. The quantitative estimate of drug-likeness (QED) is 0.384. The summed E-state index contributed by atoms with van der Waals surface area (Å²) in [5, 5.41) is 14.4. The van der Waals surface area contributed by atoms with Gasteiger partial charge < -0.3 is 9.84 Å². The number of nitrogens with zero attached hydrogens (tertiary/aromatic N) is 3. The van der Waals surface area contributed by atoms with Gasteiger partial charge in [-0.3, -0.25) is 0 Å². The molecule has 0 radical (unpaired) electrons. The summed E-state index contributed by atoms with van der Waals surface area (Å²) < 4.78 is 35.3. The van der Waals surface area contributed by atoms with Crippen LogP contribution in [0.4, 0.5) is 0 Å². The molecule has 10 heteroatoms. The van der Waals surface area contributed by atoms with E-state index in [1.807, 2.05) is 18.2 Å². The van der Waals surface area contributed by atoms with Crippen molar-refractivity contribution in [3.63, 3.8) is 0 Å². The molecule has 0 unspecified atom stereocenters. The molecule has 2 aromatic carbocycles. The molecule has 0 aliphatic carbocycles. The lowest BCUT2D eigenvalue weighted by Crippen LogP contribution is -2.46. The first kappa shape index (κ1) is 24.7. The number of benzene rings is 2. The van der Waals surface area contributed by atoms with Gasteiger partial charge in [-0.05, 0) is 50.2 Å². The van der Waals surface area contributed by atoms with Crippen LogP contribution in [0.2, 0.25) is 5.02 Å². The van der Waals surface area contributed by atoms with Gasteiger partial charge in [0, 0.05) is 22.3 Å². The lowest BCUT2D eigenvalue weighted by Gasteiger charge is -2.23. The van der Waals surface area contributed by atoms with E-state index >= 15 is 0 Å². The summed E-state index contributed by atoms with van der Waals surface area (Å²) in [6.45, 7) is 2.79. The Bertz CT molecular complexity index is 1550. The molecule has 0 fully saturated rings. The zero-order valence-electron chi connectivity index (χ0n) is 19.3. The van der Waals surface area contributed by atoms with Crippen molar-refractivity contribution in [3.05, 3.63) is 77.1 Å². The van der Waals surface area contributed by atoms with Crippen LogP contribution >= 0.6 is 11.6 Å². The average molecular weight is 511 g/mol. The molecule has 2 N–H and O–H groups in total. The van der Waals surface area contributed by atoms with Crippen molar-refractivity contribution in [2.75, 3.05) is 13.7 Å². The molecular weight excluding hydrogens is 488 g/mol. The van der Waals surface area contributed by atoms with Crippen molar-refractivity contribution >= 4 is 27.3 Å². The highest BCUT2D eigenvalue weighted by molar-refractivity contribution is 7.89. The number of halogens is 1. The van der Waals surface area contributed by atoms with Gasteiger partial charge in [-0.15, -0.1) is 0 Å². The van der Waals surface area contributed by atoms with Gasteiger partial charge in [0.15, 0.2) is 5.65 Å². The minimum Gasteiger partial charge on any atom is -0.495 e. The third-order valence-electron chi connectivity index (χ3n) is 5.11. The van der Waals surface area contributed by atoms with Crippen molar-refractivity contribution in [3.8, 4) is 28.8 Å². The Balaban J connectivity index is 1.71. The summed E-state index contributed by atoms with van der Waals surface area (Å²) in [7, 11) is -2.59. The minimum absolute atomic E-state index is 0.0728. The average Bonchev–Trinajstić information content (AvgIpc) is 3.24. The highest BCUT2D eigenvalue weighted by atomic mass is 35.5. The minimum atomic E-state index is -3.98. The Morgan fingerprint density at radius 1 is 1.14 bits per heavy atom. The van der Waals surface area contributed by atoms with E-state index in [2.05, 4.69) is 26.6 Å². The Labute approximate surface area is 208 Å². The van der Waals surface area contributed by atoms with Crippen LogP contribution < -0.4 is 9.46 Å². The van der Waals surface area contributed by atoms with Gasteiger partial charge in [0.2, 0.25) is 10.0 Å². The van der Waals surface area contributed by atoms with Crippen LogP contribution in [0.5, 0.6) is 5.75 Å². The molecule has 4 rings (SSSR count). The fraction of sp³-hybridized carbons (Fsp3) is 0.200. The van der Waals surface area contributed by atoms with Gasteiger partial charge in [-0.25, -0.2) is 22.6 Å². The molecule has 8 nitrogen and oxygen atoms in total. The number of nitrogens with one attached hydrogen (secondary N) is 1. The molecule has 0 spiro atoms. The van der Waals surface area contributed by atoms with E-state index in [1.165, 1.54) is 19.2 Å². The number of aromatic nitrogens is 3. The topological polar surface area (TPSA) is 106 Å². The number of rotatable bonds is 6. The fourth-order valence-corrected chi connectivity index (χ4v) is 5.02. The third-order valence-corrected chi connectivity index (χ3v) is 7.08. The molecule has 4 aromatic rings. The molecule has 0 aliphatic heterocycles. The molecule has 2 heterocycles. The predicted octanol–water partition coefficient (Wildman–Crippen LogP) is 3.51. The van der Waals surface area contributed by atoms with Crippen molar-refractivity contribution in [2.24, 2.45) is 0 Å². The number of ether oxygens (including phenoxy) is 1. The normalized spacial score (nSPS) is 11.8. The third kappa shape index (κ3) is 5.47. The van der Waals surface area contributed by atoms with Gasteiger partial charge in [-0.2, -0.15) is 5.10 Å². The largest absolute Gasteiger partial charge is 0.495 e. The van der Waals surface area contributed by atoms with E-state index in [0.29, 0.717) is 21.8 Å². The Morgan fingerprint density at radius 2 is 1.89 bits per heavy atom. The summed E-state index contributed by atoms with van der Waals surface area (Å²) in [5.41, 5.74) is 2.21. The Hall–Kier alpha value is -3.42. The second kappa shape index (κ2) is 9.68. The van der Waals surface area contributed by atoms with Gasteiger partial charge in [0.05, 0.1) is 36.7 Å². The van der Waals surface area contributed by atoms with Crippen LogP contribution in [-0.2, 0) is 10.0 Å². The summed E-state index contributed by atoms with van der Waals surface area (Å²) >= 11 is 5.99. The van der Waals surface area contributed by atoms with E-state index in [-0.39, 0.29) is 17.3 Å². The standard InChI is InChI=1S/C25H23ClN4O4S/c1-25(2,16-31)29-35(32,33)23-14-17(5-11-22(23)34-3)4-6-19-15-27-30-13-12-21(28-24(19)30)18-7-9-20(26)10-8-18/h5,7-15,29,31H,16H2,1-3H3. The number of aliphatic hydroxyl groups excluding tert-OH is 1. The molecule has 180 valence electrons. The molecule has 0 saturated heterocycles. The maximum atomic E-state index is 13.0. The summed E-state index contributed by atoms with van der Waals surface area (Å²) in [5.74, 6) is 6.19. The maximum absolute atomic E-state index is 13.0. The number of fused-ring (bicyclic) bond motifs is 1. The van der Waals surface area contributed by atoms with E-state index < -0.39 is 15.6 Å². The van der Waals surface area contributed by atoms with E-state index in [0.717, 1.165) is 11.3 Å². The van der Waals surface area contributed by atoms with Crippen LogP contribution in [0.15, 0.2) is 65.8 Å². The molecule has 2 aromatic heterocycles. The van der Waals surface area contributed by atoms with E-state index in [9.17, 15) is 13.5 Å². The maximum Gasteiger partial charge on any atom is 0.244 e. The zero-order valence-corrected chi connectivity index (χ0v) is 20.9. The number of sulfonamides is 1. The highest BCUT2D eigenvalue weighted by Crippen LogP contribution is 2.26. The number of hydrogen-bond acceptors (Lipinski definition) is 6. The van der Waals surface area contributed by atoms with Crippen molar-refractivity contribution in [1.82, 2.24) is 19.3 Å². The van der Waals surface area contributed by atoms with E-state index in [4.69, 9.17) is 16.3 Å². The summed E-state index contributed by atoms with van der Waals surface area (Å²) in [6.07, 6.45) is 3.40. The number of aliphatic hydroxyl groups is 1. The Kier molecular flexibility index (Phi) is 6.83. The first-order valence-electron chi connectivity index (χ1n) is 10.6. The second-order valence-electron chi connectivity index (χ2n) is 8.41. The molecular formula is C25H23ClN4O4S. The molecule has 0 bridgehead atoms. The molecule has 0 saturated carbocycles. The lowest BCUT2D eigenvalue weighted by molar-refractivity contribution is 0.208. The van der Waals surface area contributed by atoms with E-state index in [1.54, 1.807) is 49.0 Å². The summed E-state index contributed by atoms with van der Waals surface area (Å²) in [6, 6.07) is 13.8. The fourth-order valence-electron chi connectivity index (χ4n) is 3.29. The van der Waals surface area contributed by atoms with Crippen LogP contribution in [0, 0.1) is 11.8 Å². The molecule has 0 amide bonds. The first-order valence-corrected chi connectivity index (χ1v) is 12.4. The predicted molar refractivity (Wildman–Crippen MR) is 134 cm³/mol. The lowest BCUT2D eigenvalue weighted by atomic mass is 10.1. The van der Waals surface area contributed by atoms with Crippen molar-refractivity contribution in [2.45, 2.75) is 24.3 Å². The van der Waals surface area contributed by atoms with Gasteiger partial charge in [0.25, 0.3) is 0 Å². The van der Waals surface area contributed by atoms with Gasteiger partial charge in [-0.1, -0.05) is 35.6 Å². The van der Waals surface area contributed by atoms with Crippen molar-refractivity contribution in [1.29, 1.82) is 0 Å². The van der Waals surface area contributed by atoms with Crippen molar-refractivity contribution < 1.29 is 18.3 Å². The first-order chi connectivity index (χ1) is 16.6. The summed E-state index contributed by atoms with van der Waals surface area (Å²) in [4.78, 5) is 4.61.